The van der Waals surface area contributed by atoms with Crippen molar-refractivity contribution < 1.29 is 0 Å². The summed E-state index contributed by atoms with van der Waals surface area (Å²) in [4.78, 5) is 0. The monoisotopic (exact) mass is 202 g/mol. The molecular formula is C6H10N4S2. The molecule has 66 valence electrons. The molecule has 6 heteroatoms. The van der Waals surface area contributed by atoms with Crippen LogP contribution in [-0.4, -0.2) is 28.5 Å². The van der Waals surface area contributed by atoms with E-state index in [1.807, 2.05) is 0 Å². The highest BCUT2D eigenvalue weighted by Gasteiger charge is 2.17. The van der Waals surface area contributed by atoms with E-state index in [1.165, 1.54) is 17.8 Å². The average Bonchev–Trinajstić information content (AvgIpc) is 2.63. The maximum absolute atomic E-state index is 5.47. The van der Waals surface area contributed by atoms with Gasteiger partial charge in [0.2, 0.25) is 5.13 Å². The summed E-state index contributed by atoms with van der Waals surface area (Å²) in [6.07, 6.45) is 1.21. The van der Waals surface area contributed by atoms with Crippen LogP contribution in [0.5, 0.6) is 0 Å². The summed E-state index contributed by atoms with van der Waals surface area (Å²) in [5, 5.41) is 12.2. The summed E-state index contributed by atoms with van der Waals surface area (Å²) in [6.45, 7) is 2.19. The molecular weight excluding hydrogens is 192 g/mol. The van der Waals surface area contributed by atoms with Gasteiger partial charge >= 0.3 is 0 Å². The molecule has 1 aliphatic rings. The van der Waals surface area contributed by atoms with Crippen LogP contribution in [0.2, 0.25) is 0 Å². The molecule has 2 rings (SSSR count). The molecule has 0 unspecified atom stereocenters. The van der Waals surface area contributed by atoms with Crippen LogP contribution < -0.4 is 11.1 Å². The molecule has 1 aromatic heterocycles. The Hall–Kier alpha value is -0.330. The van der Waals surface area contributed by atoms with Gasteiger partial charge in [-0.05, 0) is 13.0 Å². The van der Waals surface area contributed by atoms with Crippen molar-refractivity contribution in [2.75, 3.05) is 18.8 Å². The van der Waals surface area contributed by atoms with E-state index in [2.05, 4.69) is 15.5 Å². The first kappa shape index (κ1) is 8.28. The van der Waals surface area contributed by atoms with Crippen LogP contribution in [0.15, 0.2) is 4.34 Å². The number of hydrogen-bond acceptors (Lipinski definition) is 6. The maximum atomic E-state index is 5.47. The Morgan fingerprint density at radius 2 is 2.50 bits per heavy atom. The van der Waals surface area contributed by atoms with E-state index in [1.54, 1.807) is 11.8 Å². The van der Waals surface area contributed by atoms with Gasteiger partial charge in [-0.2, -0.15) is 0 Å². The molecule has 0 aromatic carbocycles. The summed E-state index contributed by atoms with van der Waals surface area (Å²) in [7, 11) is 0. The van der Waals surface area contributed by atoms with E-state index in [0.717, 1.165) is 17.4 Å². The number of nitrogen functional groups attached to an aromatic ring is 1. The Bertz CT molecular complexity index is 256. The third-order valence-corrected chi connectivity index (χ3v) is 3.81. The van der Waals surface area contributed by atoms with Gasteiger partial charge in [0.1, 0.15) is 0 Å². The minimum absolute atomic E-state index is 0.559. The first-order valence-corrected chi connectivity index (χ1v) is 5.50. The van der Waals surface area contributed by atoms with E-state index in [0.29, 0.717) is 10.4 Å². The molecule has 0 saturated carbocycles. The van der Waals surface area contributed by atoms with Crippen LogP contribution in [0.1, 0.15) is 6.42 Å². The van der Waals surface area contributed by atoms with Crippen molar-refractivity contribution in [2.45, 2.75) is 16.0 Å². The number of thioether (sulfide) groups is 1. The van der Waals surface area contributed by atoms with E-state index in [4.69, 9.17) is 5.73 Å². The van der Waals surface area contributed by atoms with Gasteiger partial charge in [-0.15, -0.1) is 10.2 Å². The van der Waals surface area contributed by atoms with Crippen molar-refractivity contribution in [3.05, 3.63) is 0 Å². The molecule has 0 amide bonds. The van der Waals surface area contributed by atoms with Gasteiger partial charge < -0.3 is 11.1 Å². The van der Waals surface area contributed by atoms with Crippen molar-refractivity contribution >= 4 is 28.2 Å². The fraction of sp³-hybridized carbons (Fsp3) is 0.667. The Balaban J connectivity index is 1.94. The summed E-state index contributed by atoms with van der Waals surface area (Å²) in [5.74, 6) is 0. The molecule has 1 aliphatic heterocycles. The lowest BCUT2D eigenvalue weighted by atomic mass is 10.4. The molecule has 0 radical (unpaired) electrons. The quantitative estimate of drug-likeness (QED) is 0.734. The molecule has 1 aromatic rings. The second-order valence-electron chi connectivity index (χ2n) is 2.64. The van der Waals surface area contributed by atoms with E-state index >= 15 is 0 Å². The predicted molar refractivity (Wildman–Crippen MR) is 51.5 cm³/mol. The van der Waals surface area contributed by atoms with Crippen LogP contribution in [0.25, 0.3) is 0 Å². The summed E-state index contributed by atoms with van der Waals surface area (Å²) in [5.41, 5.74) is 5.47. The van der Waals surface area contributed by atoms with Crippen LogP contribution in [0, 0.1) is 0 Å². The van der Waals surface area contributed by atoms with Gasteiger partial charge in [0.15, 0.2) is 4.34 Å². The molecule has 1 saturated heterocycles. The number of nitrogens with two attached hydrogens (primary N) is 1. The van der Waals surface area contributed by atoms with Crippen LogP contribution in [0.4, 0.5) is 5.13 Å². The van der Waals surface area contributed by atoms with Crippen LogP contribution in [-0.2, 0) is 0 Å². The van der Waals surface area contributed by atoms with Crippen molar-refractivity contribution in [1.82, 2.24) is 15.5 Å². The molecule has 3 N–H and O–H groups in total. The highest BCUT2D eigenvalue weighted by Crippen LogP contribution is 2.29. The fourth-order valence-electron chi connectivity index (χ4n) is 1.14. The topological polar surface area (TPSA) is 63.8 Å². The number of nitrogens with one attached hydrogen (secondary N) is 1. The van der Waals surface area contributed by atoms with Gasteiger partial charge in [-0.25, -0.2) is 0 Å². The molecule has 0 aliphatic carbocycles. The number of hydrogen-bond donors (Lipinski definition) is 2. The van der Waals surface area contributed by atoms with Gasteiger partial charge in [0, 0.05) is 11.8 Å². The minimum atomic E-state index is 0.559. The fourth-order valence-corrected chi connectivity index (χ4v) is 3.15. The normalized spacial score (nSPS) is 23.2. The average molecular weight is 202 g/mol. The predicted octanol–water partition coefficient (Wildman–Crippen LogP) is 0.574. The number of nitrogens with zero attached hydrogens (tertiary/aromatic N) is 2. The highest BCUT2D eigenvalue weighted by atomic mass is 32.2. The molecule has 12 heavy (non-hydrogen) atoms. The largest absolute Gasteiger partial charge is 0.374 e. The zero-order valence-electron chi connectivity index (χ0n) is 6.49. The van der Waals surface area contributed by atoms with Gasteiger partial charge in [-0.3, -0.25) is 0 Å². The Morgan fingerprint density at radius 3 is 3.08 bits per heavy atom. The maximum Gasteiger partial charge on any atom is 0.203 e. The third-order valence-electron chi connectivity index (χ3n) is 1.70. The third kappa shape index (κ3) is 1.88. The van der Waals surface area contributed by atoms with Crippen LogP contribution in [0.3, 0.4) is 0 Å². The molecule has 0 bridgehead atoms. The van der Waals surface area contributed by atoms with Gasteiger partial charge in [-0.1, -0.05) is 23.1 Å². The second kappa shape index (κ2) is 3.59. The van der Waals surface area contributed by atoms with E-state index in [9.17, 15) is 0 Å². The first-order chi connectivity index (χ1) is 5.84. The second-order valence-corrected chi connectivity index (χ2v) is 5.20. The van der Waals surface area contributed by atoms with Crippen molar-refractivity contribution in [2.24, 2.45) is 0 Å². The van der Waals surface area contributed by atoms with E-state index in [-0.39, 0.29) is 0 Å². The summed E-state index contributed by atoms with van der Waals surface area (Å²) >= 11 is 3.24. The minimum Gasteiger partial charge on any atom is -0.374 e. The highest BCUT2D eigenvalue weighted by molar-refractivity contribution is 8.01. The molecule has 2 heterocycles. The standard InChI is InChI=1S/C6H10N4S2/c7-5-9-10-6(12-5)11-4-1-2-8-3-4/h4,8H,1-3H2,(H2,7,9)/t4-/m0/s1. The Kier molecular flexibility index (Phi) is 2.48. The lowest BCUT2D eigenvalue weighted by molar-refractivity contribution is 0.858. The molecule has 1 fully saturated rings. The SMILES string of the molecule is Nc1nnc(S[C@H]2CCNC2)s1. The summed E-state index contributed by atoms with van der Waals surface area (Å²) in [6, 6.07) is 0. The van der Waals surface area contributed by atoms with E-state index < -0.39 is 0 Å². The molecule has 0 spiro atoms. The summed E-state index contributed by atoms with van der Waals surface area (Å²) < 4.78 is 0.987. The van der Waals surface area contributed by atoms with Crippen molar-refractivity contribution in [1.29, 1.82) is 0 Å². The van der Waals surface area contributed by atoms with Gasteiger partial charge in [0.05, 0.1) is 0 Å². The lowest BCUT2D eigenvalue weighted by Gasteiger charge is -2.01. The smallest absolute Gasteiger partial charge is 0.203 e. The number of anilines is 1. The Morgan fingerprint density at radius 1 is 1.58 bits per heavy atom. The van der Waals surface area contributed by atoms with Crippen molar-refractivity contribution in [3.8, 4) is 0 Å². The lowest BCUT2D eigenvalue weighted by Crippen LogP contribution is -2.09. The molecule has 1 atom stereocenters. The number of rotatable bonds is 2. The van der Waals surface area contributed by atoms with Crippen LogP contribution >= 0.6 is 23.1 Å². The zero-order valence-corrected chi connectivity index (χ0v) is 8.12. The molecule has 4 nitrogen and oxygen atoms in total. The first-order valence-electron chi connectivity index (χ1n) is 3.81. The number of aromatic nitrogens is 2. The van der Waals surface area contributed by atoms with Gasteiger partial charge in [0.25, 0.3) is 0 Å². The zero-order chi connectivity index (χ0) is 8.39. The Labute approximate surface area is 78.9 Å². The van der Waals surface area contributed by atoms with Crippen molar-refractivity contribution in [3.63, 3.8) is 0 Å².